The third-order valence-electron chi connectivity index (χ3n) is 9.35. The van der Waals surface area contributed by atoms with E-state index in [2.05, 4.69) is 55.0 Å². The first-order valence-corrected chi connectivity index (χ1v) is 15.6. The van der Waals surface area contributed by atoms with E-state index in [0.717, 1.165) is 30.8 Å². The van der Waals surface area contributed by atoms with Crippen molar-refractivity contribution in [3.05, 3.63) is 59.7 Å². The van der Waals surface area contributed by atoms with Crippen LogP contribution in [0.5, 0.6) is 0 Å². The SMILES string of the molecule is Cc1nc2c(F)cc(-c3nc(Nc4ccc([C@@H](C)N5CCC(N6CCC(C)CC6)CC5)cn4)ncc3F)cc2n1C(C)C. The number of fused-ring (bicyclic) bond motifs is 1. The number of anilines is 2. The fourth-order valence-electron chi connectivity index (χ4n) is 6.77. The number of pyridine rings is 1. The van der Waals surface area contributed by atoms with E-state index < -0.39 is 11.6 Å². The van der Waals surface area contributed by atoms with Gasteiger partial charge in [0.05, 0.1) is 11.7 Å². The Bertz CT molecular complexity index is 1570. The average Bonchev–Trinajstić information content (AvgIpc) is 3.35. The van der Waals surface area contributed by atoms with Gasteiger partial charge in [-0.25, -0.2) is 28.7 Å². The first kappa shape index (κ1) is 29.6. The van der Waals surface area contributed by atoms with Crippen LogP contribution in [0.1, 0.15) is 76.8 Å². The van der Waals surface area contributed by atoms with Crippen LogP contribution in [0.15, 0.2) is 36.7 Å². The second-order valence-electron chi connectivity index (χ2n) is 12.6. The normalized spacial score (nSPS) is 18.5. The maximum atomic E-state index is 15.1. The number of hydrogen-bond donors (Lipinski definition) is 1. The number of benzene rings is 1. The highest BCUT2D eigenvalue weighted by atomic mass is 19.1. The van der Waals surface area contributed by atoms with Gasteiger partial charge in [0.1, 0.15) is 22.9 Å². The Labute approximate surface area is 252 Å². The summed E-state index contributed by atoms with van der Waals surface area (Å²) in [5.41, 5.74) is 2.36. The smallest absolute Gasteiger partial charge is 0.229 e. The van der Waals surface area contributed by atoms with Crippen LogP contribution in [0.3, 0.4) is 0 Å². The van der Waals surface area contributed by atoms with Crippen LogP contribution in [-0.4, -0.2) is 66.5 Å². The minimum Gasteiger partial charge on any atom is -0.326 e. The molecule has 0 bridgehead atoms. The molecule has 2 aliphatic heterocycles. The highest BCUT2D eigenvalue weighted by Gasteiger charge is 2.29. The van der Waals surface area contributed by atoms with Gasteiger partial charge in [-0.15, -0.1) is 0 Å². The summed E-state index contributed by atoms with van der Waals surface area (Å²) in [4.78, 5) is 22.8. The molecule has 0 saturated carbocycles. The zero-order valence-electron chi connectivity index (χ0n) is 25.8. The summed E-state index contributed by atoms with van der Waals surface area (Å²) in [5.74, 6) is 1.16. The summed E-state index contributed by atoms with van der Waals surface area (Å²) in [7, 11) is 0. The molecule has 0 spiro atoms. The molecule has 1 N–H and O–H groups in total. The Morgan fingerprint density at radius 2 is 1.63 bits per heavy atom. The minimum absolute atomic E-state index is 0.0140. The molecule has 2 saturated heterocycles. The van der Waals surface area contributed by atoms with Gasteiger partial charge in [-0.1, -0.05) is 13.0 Å². The lowest BCUT2D eigenvalue weighted by Gasteiger charge is -2.43. The standard InChI is InChI=1S/C33H42F2N8/c1-20(2)43-23(5)38-32-27(34)16-25(17-29(32)43)31-28(35)19-37-33(40-31)39-30-7-6-24(18-36-30)22(4)41-14-10-26(11-15-41)42-12-8-21(3)9-13-42/h6-7,16-22,26H,8-15H2,1-5H3,(H,36,37,39,40)/t22-/m1/s1. The van der Waals surface area contributed by atoms with Gasteiger partial charge in [0.25, 0.3) is 0 Å². The van der Waals surface area contributed by atoms with Crippen molar-refractivity contribution in [2.24, 2.45) is 5.92 Å². The van der Waals surface area contributed by atoms with E-state index in [1.807, 2.05) is 37.6 Å². The number of halogens is 2. The van der Waals surface area contributed by atoms with Crippen LogP contribution < -0.4 is 5.32 Å². The molecule has 5 heterocycles. The monoisotopic (exact) mass is 588 g/mol. The fraction of sp³-hybridized carbons (Fsp3) is 0.515. The average molecular weight is 589 g/mol. The molecule has 0 aliphatic carbocycles. The van der Waals surface area contributed by atoms with Crippen LogP contribution >= 0.6 is 0 Å². The topological polar surface area (TPSA) is 75.0 Å². The third kappa shape index (κ3) is 6.13. The molecule has 43 heavy (non-hydrogen) atoms. The van der Waals surface area contributed by atoms with Crippen LogP contribution in [0.25, 0.3) is 22.3 Å². The first-order valence-electron chi connectivity index (χ1n) is 15.6. The van der Waals surface area contributed by atoms with Crippen molar-refractivity contribution in [1.82, 2.24) is 34.3 Å². The van der Waals surface area contributed by atoms with Crippen molar-refractivity contribution in [2.45, 2.75) is 78.4 Å². The number of piperidine rings is 2. The first-order chi connectivity index (χ1) is 20.7. The minimum atomic E-state index is -0.632. The van der Waals surface area contributed by atoms with Gasteiger partial charge in [0, 0.05) is 43.0 Å². The Kier molecular flexibility index (Phi) is 8.42. The van der Waals surface area contributed by atoms with Gasteiger partial charge in [-0.3, -0.25) is 4.90 Å². The summed E-state index contributed by atoms with van der Waals surface area (Å²) in [5, 5.41) is 3.09. The van der Waals surface area contributed by atoms with E-state index in [4.69, 9.17) is 0 Å². The molecular formula is C33H42F2N8. The molecule has 6 rings (SSSR count). The number of imidazole rings is 1. The lowest BCUT2D eigenvalue weighted by molar-refractivity contribution is 0.0663. The van der Waals surface area contributed by atoms with Gasteiger partial charge in [-0.2, -0.15) is 0 Å². The van der Waals surface area contributed by atoms with E-state index in [1.54, 1.807) is 6.07 Å². The molecule has 8 nitrogen and oxygen atoms in total. The second-order valence-corrected chi connectivity index (χ2v) is 12.6. The summed E-state index contributed by atoms with van der Waals surface area (Å²) in [6, 6.07) is 8.03. The van der Waals surface area contributed by atoms with Crippen molar-refractivity contribution in [3.8, 4) is 11.3 Å². The summed E-state index contributed by atoms with van der Waals surface area (Å²) < 4.78 is 31.9. The number of nitrogens with zero attached hydrogens (tertiary/aromatic N) is 7. The van der Waals surface area contributed by atoms with Crippen molar-refractivity contribution in [1.29, 1.82) is 0 Å². The molecule has 3 aromatic heterocycles. The molecule has 228 valence electrons. The van der Waals surface area contributed by atoms with E-state index in [0.29, 0.717) is 28.8 Å². The van der Waals surface area contributed by atoms with E-state index in [9.17, 15) is 4.39 Å². The van der Waals surface area contributed by atoms with Gasteiger partial charge >= 0.3 is 0 Å². The Morgan fingerprint density at radius 3 is 2.30 bits per heavy atom. The van der Waals surface area contributed by atoms with Crippen molar-refractivity contribution in [2.75, 3.05) is 31.5 Å². The summed E-state index contributed by atoms with van der Waals surface area (Å²) >= 11 is 0. The van der Waals surface area contributed by atoms with Crippen LogP contribution in [-0.2, 0) is 0 Å². The van der Waals surface area contributed by atoms with Crippen molar-refractivity contribution in [3.63, 3.8) is 0 Å². The highest BCUT2D eigenvalue weighted by molar-refractivity contribution is 5.83. The summed E-state index contributed by atoms with van der Waals surface area (Å²) in [6.07, 6.45) is 8.06. The summed E-state index contributed by atoms with van der Waals surface area (Å²) in [6.45, 7) is 15.1. The van der Waals surface area contributed by atoms with Gasteiger partial charge in [0.2, 0.25) is 5.95 Å². The molecule has 1 aromatic carbocycles. The Balaban J connectivity index is 1.13. The largest absolute Gasteiger partial charge is 0.326 e. The fourth-order valence-corrected chi connectivity index (χ4v) is 6.77. The second kappa shape index (κ2) is 12.2. The van der Waals surface area contributed by atoms with Crippen LogP contribution in [0.4, 0.5) is 20.5 Å². The van der Waals surface area contributed by atoms with Crippen molar-refractivity contribution < 1.29 is 8.78 Å². The number of nitrogens with one attached hydrogen (secondary N) is 1. The quantitative estimate of drug-likeness (QED) is 0.248. The van der Waals surface area contributed by atoms with Gasteiger partial charge < -0.3 is 14.8 Å². The number of rotatable bonds is 7. The molecule has 0 radical (unpaired) electrons. The third-order valence-corrected chi connectivity index (χ3v) is 9.35. The molecule has 4 aromatic rings. The molecule has 0 amide bonds. The predicted molar refractivity (Wildman–Crippen MR) is 166 cm³/mol. The maximum Gasteiger partial charge on any atom is 0.229 e. The molecule has 2 fully saturated rings. The molecule has 2 aliphatic rings. The van der Waals surface area contributed by atoms with E-state index in [-0.39, 0.29) is 29.2 Å². The number of aromatic nitrogens is 5. The Morgan fingerprint density at radius 1 is 0.884 bits per heavy atom. The Hall–Kier alpha value is -3.50. The van der Waals surface area contributed by atoms with E-state index >= 15 is 4.39 Å². The zero-order chi connectivity index (χ0) is 30.2. The predicted octanol–water partition coefficient (Wildman–Crippen LogP) is 7.06. The molecule has 1 atom stereocenters. The lowest BCUT2D eigenvalue weighted by Crippen LogP contribution is -2.47. The highest BCUT2D eigenvalue weighted by Crippen LogP contribution is 2.31. The molecule has 0 unspecified atom stereocenters. The van der Waals surface area contributed by atoms with Gasteiger partial charge in [-0.05, 0) is 96.1 Å². The molecular weight excluding hydrogens is 546 g/mol. The lowest BCUT2D eigenvalue weighted by atomic mass is 9.94. The zero-order valence-corrected chi connectivity index (χ0v) is 25.8. The van der Waals surface area contributed by atoms with Crippen molar-refractivity contribution >= 4 is 22.8 Å². The van der Waals surface area contributed by atoms with Crippen LogP contribution in [0.2, 0.25) is 0 Å². The van der Waals surface area contributed by atoms with E-state index in [1.165, 1.54) is 44.8 Å². The number of likely N-dealkylation sites (tertiary alicyclic amines) is 2. The maximum absolute atomic E-state index is 15.1. The molecule has 10 heteroatoms. The number of hydrogen-bond acceptors (Lipinski definition) is 7. The number of aryl methyl sites for hydroxylation is 1. The van der Waals surface area contributed by atoms with Gasteiger partial charge in [0.15, 0.2) is 11.6 Å². The van der Waals surface area contributed by atoms with Crippen LogP contribution in [0, 0.1) is 24.5 Å².